The van der Waals surface area contributed by atoms with E-state index in [0.717, 1.165) is 36.1 Å². The maximum Gasteiger partial charge on any atom is 0.124 e. The van der Waals surface area contributed by atoms with Gasteiger partial charge in [-0.25, -0.2) is 4.39 Å². The van der Waals surface area contributed by atoms with E-state index in [9.17, 15) is 4.39 Å². The van der Waals surface area contributed by atoms with Crippen molar-refractivity contribution >= 4 is 28.3 Å². The maximum atomic E-state index is 13.0. The van der Waals surface area contributed by atoms with Gasteiger partial charge in [-0.1, -0.05) is 22.0 Å². The summed E-state index contributed by atoms with van der Waals surface area (Å²) in [6.07, 6.45) is 1.16. The lowest BCUT2D eigenvalue weighted by atomic mass is 10.1. The molecule has 2 nitrogen and oxygen atoms in total. The average molecular weight is 338 g/mol. The highest BCUT2D eigenvalue weighted by atomic mass is 79.9. The Morgan fingerprint density at radius 2 is 2.22 bits per heavy atom. The van der Waals surface area contributed by atoms with Crippen molar-refractivity contribution in [1.82, 2.24) is 4.90 Å². The third kappa shape index (κ3) is 3.67. The third-order valence-electron chi connectivity index (χ3n) is 3.51. The summed E-state index contributed by atoms with van der Waals surface area (Å²) in [5, 5.41) is 0. The van der Waals surface area contributed by atoms with Gasteiger partial charge < -0.3 is 5.73 Å². The minimum Gasteiger partial charge on any atom is -0.330 e. The molecule has 18 heavy (non-hydrogen) atoms. The van der Waals surface area contributed by atoms with Gasteiger partial charge in [-0.15, -0.1) is 12.4 Å². The quantitative estimate of drug-likeness (QED) is 0.918. The second-order valence-corrected chi connectivity index (χ2v) is 5.71. The minimum absolute atomic E-state index is 0. The van der Waals surface area contributed by atoms with Crippen LogP contribution in [0.3, 0.4) is 0 Å². The Hall–Kier alpha value is -0.160. The van der Waals surface area contributed by atoms with E-state index in [1.165, 1.54) is 12.1 Å². The summed E-state index contributed by atoms with van der Waals surface area (Å²) < 4.78 is 13.8. The van der Waals surface area contributed by atoms with Crippen LogP contribution in [0.5, 0.6) is 0 Å². The lowest BCUT2D eigenvalue weighted by Crippen LogP contribution is -2.27. The van der Waals surface area contributed by atoms with E-state index < -0.39 is 0 Å². The van der Waals surface area contributed by atoms with Gasteiger partial charge in [0.05, 0.1) is 0 Å². The summed E-state index contributed by atoms with van der Waals surface area (Å²) >= 11 is 3.42. The molecule has 1 saturated heterocycles. The van der Waals surface area contributed by atoms with Gasteiger partial charge in [-0.2, -0.15) is 0 Å². The van der Waals surface area contributed by atoms with Gasteiger partial charge in [0.15, 0.2) is 0 Å². The first-order chi connectivity index (χ1) is 8.10. The van der Waals surface area contributed by atoms with Crippen LogP contribution in [0.1, 0.15) is 18.9 Å². The number of likely N-dealkylation sites (tertiary alicyclic amines) is 1. The molecule has 0 bridgehead atoms. The van der Waals surface area contributed by atoms with Gasteiger partial charge in [-0.05, 0) is 43.5 Å². The number of nitrogens with two attached hydrogens (primary N) is 1. The van der Waals surface area contributed by atoms with E-state index >= 15 is 0 Å². The van der Waals surface area contributed by atoms with E-state index in [1.807, 2.05) is 6.07 Å². The molecule has 0 aliphatic carbocycles. The molecule has 1 aliphatic rings. The van der Waals surface area contributed by atoms with Gasteiger partial charge in [0, 0.05) is 23.6 Å². The Balaban J connectivity index is 0.00000162. The number of rotatable bonds is 3. The highest BCUT2D eigenvalue weighted by Gasteiger charge is 2.28. The highest BCUT2D eigenvalue weighted by molar-refractivity contribution is 9.10. The first kappa shape index (κ1) is 15.9. The molecule has 2 unspecified atom stereocenters. The highest BCUT2D eigenvalue weighted by Crippen LogP contribution is 2.26. The molecule has 0 aromatic heterocycles. The van der Waals surface area contributed by atoms with Crippen LogP contribution in [-0.2, 0) is 6.54 Å². The topological polar surface area (TPSA) is 29.3 Å². The molecule has 2 N–H and O–H groups in total. The normalized spacial score (nSPS) is 24.0. The molecular weight excluding hydrogens is 319 g/mol. The van der Waals surface area contributed by atoms with Crippen LogP contribution in [0.2, 0.25) is 0 Å². The number of hydrogen-bond acceptors (Lipinski definition) is 2. The Labute approximate surface area is 122 Å². The zero-order valence-electron chi connectivity index (χ0n) is 10.4. The zero-order chi connectivity index (χ0) is 12.4. The third-order valence-corrected chi connectivity index (χ3v) is 4.25. The average Bonchev–Trinajstić information content (AvgIpc) is 2.64. The smallest absolute Gasteiger partial charge is 0.124 e. The van der Waals surface area contributed by atoms with Crippen LogP contribution in [0.15, 0.2) is 22.7 Å². The molecule has 1 aliphatic heterocycles. The lowest BCUT2D eigenvalue weighted by molar-refractivity contribution is 0.255. The van der Waals surface area contributed by atoms with Gasteiger partial charge in [0.2, 0.25) is 0 Å². The van der Waals surface area contributed by atoms with Crippen LogP contribution in [0.25, 0.3) is 0 Å². The van der Waals surface area contributed by atoms with Gasteiger partial charge in [0.1, 0.15) is 5.82 Å². The first-order valence-corrected chi connectivity index (χ1v) is 6.77. The van der Waals surface area contributed by atoms with Crippen molar-refractivity contribution in [3.63, 3.8) is 0 Å². The monoisotopic (exact) mass is 336 g/mol. The molecule has 0 spiro atoms. The van der Waals surface area contributed by atoms with Crippen molar-refractivity contribution in [3.05, 3.63) is 34.1 Å². The molecule has 0 amide bonds. The van der Waals surface area contributed by atoms with Crippen LogP contribution in [-0.4, -0.2) is 24.0 Å². The van der Waals surface area contributed by atoms with Crippen molar-refractivity contribution in [2.75, 3.05) is 13.1 Å². The lowest BCUT2D eigenvalue weighted by Gasteiger charge is -2.21. The predicted octanol–water partition coefficient (Wildman–Crippen LogP) is 3.18. The molecule has 5 heteroatoms. The van der Waals surface area contributed by atoms with Crippen LogP contribution < -0.4 is 5.73 Å². The minimum atomic E-state index is -0.199. The molecule has 0 saturated carbocycles. The molecular formula is C13H19BrClFN2. The Kier molecular flexibility index (Phi) is 6.05. The van der Waals surface area contributed by atoms with E-state index in [2.05, 4.69) is 27.8 Å². The van der Waals surface area contributed by atoms with Crippen molar-refractivity contribution in [1.29, 1.82) is 0 Å². The van der Waals surface area contributed by atoms with Crippen molar-refractivity contribution in [2.24, 2.45) is 11.7 Å². The number of benzene rings is 1. The van der Waals surface area contributed by atoms with Gasteiger partial charge in [-0.3, -0.25) is 4.90 Å². The van der Waals surface area contributed by atoms with Gasteiger partial charge in [0.25, 0.3) is 0 Å². The van der Waals surface area contributed by atoms with E-state index in [0.29, 0.717) is 12.0 Å². The molecule has 102 valence electrons. The van der Waals surface area contributed by atoms with E-state index in [4.69, 9.17) is 5.73 Å². The molecule has 1 aromatic rings. The summed E-state index contributed by atoms with van der Waals surface area (Å²) in [5.74, 6) is 0.402. The van der Waals surface area contributed by atoms with Crippen molar-refractivity contribution in [3.8, 4) is 0 Å². The second kappa shape index (κ2) is 6.85. The predicted molar refractivity (Wildman–Crippen MR) is 78.4 cm³/mol. The fourth-order valence-electron chi connectivity index (χ4n) is 2.48. The van der Waals surface area contributed by atoms with E-state index in [1.54, 1.807) is 0 Å². The SMILES string of the molecule is CC1CC(CN)CN1Cc1ccc(F)cc1Br.Cl. The molecule has 2 rings (SSSR count). The van der Waals surface area contributed by atoms with Gasteiger partial charge >= 0.3 is 0 Å². The molecule has 1 fully saturated rings. The molecule has 2 atom stereocenters. The maximum absolute atomic E-state index is 13.0. The number of halogens is 3. The van der Waals surface area contributed by atoms with Crippen LogP contribution in [0.4, 0.5) is 4.39 Å². The zero-order valence-corrected chi connectivity index (χ0v) is 12.8. The number of hydrogen-bond donors (Lipinski definition) is 1. The molecule has 0 radical (unpaired) electrons. The number of nitrogens with zero attached hydrogens (tertiary/aromatic N) is 1. The largest absolute Gasteiger partial charge is 0.330 e. The summed E-state index contributed by atoms with van der Waals surface area (Å²) in [5.41, 5.74) is 6.85. The summed E-state index contributed by atoms with van der Waals surface area (Å²) in [6, 6.07) is 5.44. The molecule has 1 aromatic carbocycles. The Bertz CT molecular complexity index is 403. The molecule has 1 heterocycles. The second-order valence-electron chi connectivity index (χ2n) is 4.85. The first-order valence-electron chi connectivity index (χ1n) is 5.98. The summed E-state index contributed by atoms with van der Waals surface area (Å²) in [4.78, 5) is 2.41. The van der Waals surface area contributed by atoms with Crippen LogP contribution in [0, 0.1) is 11.7 Å². The fourth-order valence-corrected chi connectivity index (χ4v) is 2.95. The van der Waals surface area contributed by atoms with E-state index in [-0.39, 0.29) is 18.2 Å². The summed E-state index contributed by atoms with van der Waals surface area (Å²) in [7, 11) is 0. The standard InChI is InChI=1S/C13H18BrFN2.ClH/c1-9-4-10(6-16)7-17(9)8-11-2-3-12(15)5-13(11)14;/h2-3,5,9-10H,4,6-8,16H2,1H3;1H. The Morgan fingerprint density at radius 3 is 2.78 bits per heavy atom. The fraction of sp³-hybridized carbons (Fsp3) is 0.538. The van der Waals surface area contributed by atoms with Crippen LogP contribution >= 0.6 is 28.3 Å². The van der Waals surface area contributed by atoms with Crippen molar-refractivity contribution in [2.45, 2.75) is 25.9 Å². The summed E-state index contributed by atoms with van der Waals surface area (Å²) in [6.45, 7) is 4.89. The van der Waals surface area contributed by atoms with Crippen molar-refractivity contribution < 1.29 is 4.39 Å². The Morgan fingerprint density at radius 1 is 1.50 bits per heavy atom.